The van der Waals surface area contributed by atoms with Gasteiger partial charge in [0.25, 0.3) is 0 Å². The van der Waals surface area contributed by atoms with Crippen molar-refractivity contribution >= 4 is 23.1 Å². The van der Waals surface area contributed by atoms with Crippen LogP contribution in [0, 0.1) is 6.92 Å². The normalized spacial score (nSPS) is 20.3. The number of fused-ring (bicyclic) bond motifs is 3. The third-order valence-corrected chi connectivity index (χ3v) is 7.50. The molecule has 0 spiro atoms. The second kappa shape index (κ2) is 9.30. The van der Waals surface area contributed by atoms with Gasteiger partial charge in [0.15, 0.2) is 5.82 Å². The number of pyridine rings is 2. The van der Waals surface area contributed by atoms with Crippen molar-refractivity contribution in [1.29, 1.82) is 0 Å². The van der Waals surface area contributed by atoms with Gasteiger partial charge in [0.05, 0.1) is 5.69 Å². The number of aryl methyl sites for hydroxylation is 1. The Labute approximate surface area is 206 Å². The van der Waals surface area contributed by atoms with Crippen LogP contribution in [-0.2, 0) is 11.3 Å². The van der Waals surface area contributed by atoms with E-state index in [2.05, 4.69) is 67.5 Å². The first kappa shape index (κ1) is 22.0. The predicted octanol–water partition coefficient (Wildman–Crippen LogP) is 4.09. The van der Waals surface area contributed by atoms with Gasteiger partial charge in [-0.2, -0.15) is 0 Å². The first-order valence-corrected chi connectivity index (χ1v) is 12.7. The summed E-state index contributed by atoms with van der Waals surface area (Å²) >= 11 is 0. The zero-order chi connectivity index (χ0) is 23.8. The van der Waals surface area contributed by atoms with Crippen molar-refractivity contribution in [3.63, 3.8) is 0 Å². The average Bonchev–Trinajstić information content (AvgIpc) is 2.89. The molecule has 0 bridgehead atoms. The van der Waals surface area contributed by atoms with Crippen LogP contribution in [0.15, 0.2) is 54.9 Å². The maximum Gasteiger partial charge on any atom is 0.247 e. The lowest BCUT2D eigenvalue weighted by atomic mass is 9.99. The van der Waals surface area contributed by atoms with Gasteiger partial charge in [-0.05, 0) is 73.2 Å². The largest absolute Gasteiger partial charge is 0.369 e. The Bertz CT molecular complexity index is 1220. The molecule has 1 atom stereocenters. The number of hydrogen-bond acceptors (Lipinski definition) is 6. The summed E-state index contributed by atoms with van der Waals surface area (Å²) in [4.78, 5) is 28.8. The van der Waals surface area contributed by atoms with E-state index in [1.165, 1.54) is 16.8 Å². The molecule has 1 unspecified atom stereocenters. The third kappa shape index (κ3) is 4.48. The molecule has 3 aliphatic rings. The molecule has 1 aromatic carbocycles. The van der Waals surface area contributed by atoms with Crippen LogP contribution in [0.3, 0.4) is 0 Å². The molecule has 3 aromatic rings. The fraction of sp³-hybridized carbons (Fsp3) is 0.393. The molecule has 7 nitrogen and oxygen atoms in total. The second-order valence-corrected chi connectivity index (χ2v) is 9.90. The number of nitrogens with one attached hydrogen (secondary N) is 1. The zero-order valence-electron chi connectivity index (χ0n) is 20.3. The van der Waals surface area contributed by atoms with E-state index in [9.17, 15) is 4.79 Å². The molecule has 2 fully saturated rings. The predicted molar refractivity (Wildman–Crippen MR) is 140 cm³/mol. The van der Waals surface area contributed by atoms with E-state index < -0.39 is 0 Å². The van der Waals surface area contributed by atoms with Gasteiger partial charge in [-0.1, -0.05) is 12.1 Å². The fourth-order valence-corrected chi connectivity index (χ4v) is 5.59. The van der Waals surface area contributed by atoms with Crippen LogP contribution in [-0.4, -0.2) is 59.5 Å². The van der Waals surface area contributed by atoms with Crippen LogP contribution < -0.4 is 15.1 Å². The molecule has 3 aliphatic heterocycles. The highest BCUT2D eigenvalue weighted by Gasteiger charge is 2.35. The van der Waals surface area contributed by atoms with E-state index in [1.54, 1.807) is 0 Å². The quantitative estimate of drug-likeness (QED) is 0.622. The lowest BCUT2D eigenvalue weighted by Gasteiger charge is -2.40. The Morgan fingerprint density at radius 1 is 0.943 bits per heavy atom. The Kier molecular flexibility index (Phi) is 5.86. The van der Waals surface area contributed by atoms with Crippen molar-refractivity contribution in [3.05, 3.63) is 66.1 Å². The molecule has 180 valence electrons. The standard InChI is InChI=1S/C28H32N6O/c1-20-16-23(9-10-29-20)22-5-7-24(8-6-22)33-14-12-32(13-15-33)19-21-17-25-27(30-18-21)34-11-3-2-4-26(34)28(35)31-25/h5-10,16-18,26H,2-4,11-15,19H2,1H3,(H,31,35). The number of aromatic nitrogens is 2. The number of piperazine rings is 1. The van der Waals surface area contributed by atoms with Crippen LogP contribution in [0.1, 0.15) is 30.5 Å². The number of carbonyl (C=O) groups excluding carboxylic acids is 1. The number of hydrogen-bond donors (Lipinski definition) is 1. The van der Waals surface area contributed by atoms with E-state index in [1.807, 2.05) is 19.3 Å². The summed E-state index contributed by atoms with van der Waals surface area (Å²) in [6, 6.07) is 15.1. The summed E-state index contributed by atoms with van der Waals surface area (Å²) in [5.74, 6) is 1.06. The number of amides is 1. The zero-order valence-corrected chi connectivity index (χ0v) is 20.3. The number of rotatable bonds is 4. The van der Waals surface area contributed by atoms with E-state index >= 15 is 0 Å². The molecule has 35 heavy (non-hydrogen) atoms. The number of piperidine rings is 1. The smallest absolute Gasteiger partial charge is 0.247 e. The molecule has 2 aromatic heterocycles. The molecule has 0 aliphatic carbocycles. The van der Waals surface area contributed by atoms with E-state index in [-0.39, 0.29) is 11.9 Å². The molecule has 0 radical (unpaired) electrons. The van der Waals surface area contributed by atoms with Gasteiger partial charge in [-0.25, -0.2) is 4.98 Å². The Hall–Kier alpha value is -3.45. The lowest BCUT2D eigenvalue weighted by Crippen LogP contribution is -2.51. The van der Waals surface area contributed by atoms with Gasteiger partial charge in [0.1, 0.15) is 6.04 Å². The topological polar surface area (TPSA) is 64.6 Å². The Balaban J connectivity index is 1.07. The molecule has 6 rings (SSSR count). The first-order valence-electron chi connectivity index (χ1n) is 12.7. The highest BCUT2D eigenvalue weighted by Crippen LogP contribution is 2.35. The third-order valence-electron chi connectivity index (χ3n) is 7.50. The maximum absolute atomic E-state index is 12.6. The minimum Gasteiger partial charge on any atom is -0.369 e. The lowest BCUT2D eigenvalue weighted by molar-refractivity contribution is -0.118. The van der Waals surface area contributed by atoms with Crippen molar-refractivity contribution in [2.45, 2.75) is 38.8 Å². The van der Waals surface area contributed by atoms with Crippen LogP contribution in [0.5, 0.6) is 0 Å². The Morgan fingerprint density at radius 2 is 1.77 bits per heavy atom. The van der Waals surface area contributed by atoms with Gasteiger partial charge >= 0.3 is 0 Å². The van der Waals surface area contributed by atoms with Crippen molar-refractivity contribution in [2.75, 3.05) is 47.8 Å². The number of nitrogens with zero attached hydrogens (tertiary/aromatic N) is 5. The van der Waals surface area contributed by atoms with Gasteiger partial charge in [-0.3, -0.25) is 14.7 Å². The van der Waals surface area contributed by atoms with Crippen LogP contribution in [0.4, 0.5) is 17.2 Å². The van der Waals surface area contributed by atoms with Crippen LogP contribution in [0.25, 0.3) is 11.1 Å². The van der Waals surface area contributed by atoms with Crippen LogP contribution >= 0.6 is 0 Å². The number of carbonyl (C=O) groups is 1. The highest BCUT2D eigenvalue weighted by molar-refractivity contribution is 6.02. The first-order chi connectivity index (χ1) is 17.1. The second-order valence-electron chi connectivity index (χ2n) is 9.90. The summed E-state index contributed by atoms with van der Waals surface area (Å²) < 4.78 is 0. The Morgan fingerprint density at radius 3 is 2.57 bits per heavy atom. The van der Waals surface area contributed by atoms with Crippen molar-refractivity contribution in [2.24, 2.45) is 0 Å². The van der Waals surface area contributed by atoms with Crippen molar-refractivity contribution in [3.8, 4) is 11.1 Å². The fourth-order valence-electron chi connectivity index (χ4n) is 5.59. The number of anilines is 3. The van der Waals surface area contributed by atoms with Crippen molar-refractivity contribution < 1.29 is 4.79 Å². The molecule has 1 N–H and O–H groups in total. The summed E-state index contributed by atoms with van der Waals surface area (Å²) in [5.41, 5.74) is 6.77. The highest BCUT2D eigenvalue weighted by atomic mass is 16.2. The van der Waals surface area contributed by atoms with Gasteiger partial charge < -0.3 is 15.1 Å². The molecular weight excluding hydrogens is 436 g/mol. The van der Waals surface area contributed by atoms with Crippen LogP contribution in [0.2, 0.25) is 0 Å². The molecule has 1 amide bonds. The molecule has 5 heterocycles. The monoisotopic (exact) mass is 468 g/mol. The van der Waals surface area contributed by atoms with Gasteiger partial charge in [0.2, 0.25) is 5.91 Å². The minimum absolute atomic E-state index is 0.0504. The van der Waals surface area contributed by atoms with E-state index in [0.29, 0.717) is 0 Å². The summed E-state index contributed by atoms with van der Waals surface area (Å²) in [7, 11) is 0. The minimum atomic E-state index is -0.0504. The van der Waals surface area contributed by atoms with Gasteiger partial charge in [-0.15, -0.1) is 0 Å². The SMILES string of the molecule is Cc1cc(-c2ccc(N3CCN(Cc4cnc5c(c4)NC(=O)C4CCCCN54)CC3)cc2)ccn1. The van der Waals surface area contributed by atoms with E-state index in [0.717, 1.165) is 81.3 Å². The van der Waals surface area contributed by atoms with E-state index in [4.69, 9.17) is 4.98 Å². The summed E-state index contributed by atoms with van der Waals surface area (Å²) in [6.45, 7) is 7.80. The molecular formula is C28H32N6O. The average molecular weight is 469 g/mol. The van der Waals surface area contributed by atoms with Gasteiger partial charge in [0, 0.05) is 63.0 Å². The molecule has 0 saturated carbocycles. The maximum atomic E-state index is 12.6. The summed E-state index contributed by atoms with van der Waals surface area (Å²) in [6.07, 6.45) is 7.03. The molecule has 2 saturated heterocycles. The molecule has 7 heteroatoms. The summed E-state index contributed by atoms with van der Waals surface area (Å²) in [5, 5.41) is 3.11. The van der Waals surface area contributed by atoms with Crippen molar-refractivity contribution in [1.82, 2.24) is 14.9 Å². The number of benzene rings is 1.